The molecule has 1 heterocycles. The maximum atomic E-state index is 2.35. The normalized spacial score (nSPS) is 13.9. The predicted octanol–water partition coefficient (Wildman–Crippen LogP) is 5.80. The van der Waals surface area contributed by atoms with Crippen molar-refractivity contribution in [2.45, 2.75) is 72.1 Å². The van der Waals surface area contributed by atoms with Crippen molar-refractivity contribution in [3.05, 3.63) is 21.9 Å². The van der Waals surface area contributed by atoms with Gasteiger partial charge in [0, 0.05) is 9.75 Å². The van der Waals surface area contributed by atoms with Crippen molar-refractivity contribution in [3.8, 4) is 0 Å². The summed E-state index contributed by atoms with van der Waals surface area (Å²) in [6, 6.07) is 4.67. The molecule has 1 aromatic rings. The van der Waals surface area contributed by atoms with Gasteiger partial charge in [0.15, 0.2) is 0 Å². The van der Waals surface area contributed by atoms with Crippen molar-refractivity contribution in [1.82, 2.24) is 0 Å². The Labute approximate surface area is 111 Å². The molecule has 0 aliphatic heterocycles. The van der Waals surface area contributed by atoms with Crippen molar-refractivity contribution >= 4 is 11.3 Å². The zero-order valence-corrected chi connectivity index (χ0v) is 13.0. The molecular formula is C16H28S. The second-order valence-corrected chi connectivity index (χ2v) is 7.30. The fourth-order valence-electron chi connectivity index (χ4n) is 2.12. The molecule has 1 rings (SSSR count). The molecule has 0 radical (unpaired) electrons. The van der Waals surface area contributed by atoms with Crippen LogP contribution in [0.1, 0.15) is 70.1 Å². The van der Waals surface area contributed by atoms with Crippen LogP contribution < -0.4 is 0 Å². The highest BCUT2D eigenvalue weighted by atomic mass is 32.1. The largest absolute Gasteiger partial charge is 0.145 e. The minimum atomic E-state index is 0.314. The van der Waals surface area contributed by atoms with Crippen LogP contribution in [0.15, 0.2) is 12.1 Å². The highest BCUT2D eigenvalue weighted by Crippen LogP contribution is 2.31. The van der Waals surface area contributed by atoms with Gasteiger partial charge in [-0.2, -0.15) is 0 Å². The first kappa shape index (κ1) is 14.8. The number of unbranched alkanes of at least 4 members (excludes halogenated alkanes) is 1. The van der Waals surface area contributed by atoms with E-state index in [9.17, 15) is 0 Å². The molecule has 1 aromatic heterocycles. The first-order valence-corrected chi connectivity index (χ1v) is 7.88. The van der Waals surface area contributed by atoms with E-state index in [1.807, 2.05) is 11.3 Å². The highest BCUT2D eigenvalue weighted by Gasteiger charge is 2.17. The fourth-order valence-corrected chi connectivity index (χ4v) is 3.30. The maximum Gasteiger partial charge on any atom is 0.0102 e. The Morgan fingerprint density at radius 2 is 1.88 bits per heavy atom. The van der Waals surface area contributed by atoms with E-state index < -0.39 is 0 Å². The Bertz CT molecular complexity index is 317. The lowest BCUT2D eigenvalue weighted by Gasteiger charge is -2.16. The molecule has 1 heteroatoms. The van der Waals surface area contributed by atoms with Crippen molar-refractivity contribution in [2.24, 2.45) is 5.92 Å². The third kappa shape index (κ3) is 4.83. The summed E-state index contributed by atoms with van der Waals surface area (Å²) in [6.07, 6.45) is 6.72. The summed E-state index contributed by atoms with van der Waals surface area (Å²) in [6.45, 7) is 11.5. The van der Waals surface area contributed by atoms with Crippen molar-refractivity contribution < 1.29 is 0 Å². The highest BCUT2D eigenvalue weighted by molar-refractivity contribution is 7.12. The maximum absolute atomic E-state index is 2.35. The quantitative estimate of drug-likeness (QED) is 0.600. The topological polar surface area (TPSA) is 0 Å². The summed E-state index contributed by atoms with van der Waals surface area (Å²) in [5.74, 6) is 0.890. The minimum absolute atomic E-state index is 0.314. The molecule has 1 unspecified atom stereocenters. The van der Waals surface area contributed by atoms with Gasteiger partial charge < -0.3 is 0 Å². The van der Waals surface area contributed by atoms with Crippen molar-refractivity contribution in [2.75, 3.05) is 0 Å². The summed E-state index contributed by atoms with van der Waals surface area (Å²) < 4.78 is 0. The molecule has 0 saturated heterocycles. The fraction of sp³-hybridized carbons (Fsp3) is 0.750. The van der Waals surface area contributed by atoms with Crippen LogP contribution in [0.5, 0.6) is 0 Å². The smallest absolute Gasteiger partial charge is 0.0102 e. The lowest BCUT2D eigenvalue weighted by Crippen LogP contribution is -2.07. The summed E-state index contributed by atoms with van der Waals surface area (Å²) in [5, 5.41) is 0. The second-order valence-electron chi connectivity index (χ2n) is 6.14. The van der Waals surface area contributed by atoms with E-state index in [4.69, 9.17) is 0 Å². The Kier molecular flexibility index (Phi) is 5.72. The van der Waals surface area contributed by atoms with Crippen molar-refractivity contribution in [1.29, 1.82) is 0 Å². The molecule has 0 nitrogen and oxygen atoms in total. The molecule has 0 spiro atoms. The average molecular weight is 252 g/mol. The van der Waals surface area contributed by atoms with Gasteiger partial charge in [0.2, 0.25) is 0 Å². The van der Waals surface area contributed by atoms with Gasteiger partial charge in [-0.15, -0.1) is 11.3 Å². The lowest BCUT2D eigenvalue weighted by molar-refractivity contribution is 0.452. The predicted molar refractivity (Wildman–Crippen MR) is 80.0 cm³/mol. The SMILES string of the molecule is CCCCC(CC)Cc1ccc(C(C)(C)C)s1. The summed E-state index contributed by atoms with van der Waals surface area (Å²) in [4.78, 5) is 3.11. The Morgan fingerprint density at radius 3 is 2.35 bits per heavy atom. The number of hydrogen-bond acceptors (Lipinski definition) is 1. The number of hydrogen-bond donors (Lipinski definition) is 0. The van der Waals surface area contributed by atoms with Crippen LogP contribution in [0.2, 0.25) is 0 Å². The van der Waals surface area contributed by atoms with Gasteiger partial charge in [-0.25, -0.2) is 0 Å². The van der Waals surface area contributed by atoms with Crippen LogP contribution >= 0.6 is 11.3 Å². The standard InChI is InChI=1S/C16H28S/c1-6-8-9-13(7-2)12-14-10-11-15(17-14)16(3,4)5/h10-11,13H,6-9,12H2,1-5H3. The van der Waals surface area contributed by atoms with Gasteiger partial charge in [-0.1, -0.05) is 60.3 Å². The van der Waals surface area contributed by atoms with E-state index in [0.717, 1.165) is 5.92 Å². The monoisotopic (exact) mass is 252 g/mol. The van der Waals surface area contributed by atoms with Gasteiger partial charge in [0.05, 0.1) is 0 Å². The molecular weight excluding hydrogens is 224 g/mol. The van der Waals surface area contributed by atoms with E-state index >= 15 is 0 Å². The van der Waals surface area contributed by atoms with Gasteiger partial charge >= 0.3 is 0 Å². The molecule has 17 heavy (non-hydrogen) atoms. The van der Waals surface area contributed by atoms with Crippen LogP contribution in [-0.4, -0.2) is 0 Å². The van der Waals surface area contributed by atoms with Crippen LogP contribution in [0.3, 0.4) is 0 Å². The summed E-state index contributed by atoms with van der Waals surface area (Å²) in [7, 11) is 0. The van der Waals surface area contributed by atoms with Crippen LogP contribution in [0.25, 0.3) is 0 Å². The van der Waals surface area contributed by atoms with Crippen LogP contribution in [-0.2, 0) is 11.8 Å². The number of rotatable bonds is 6. The molecule has 0 amide bonds. The lowest BCUT2D eigenvalue weighted by atomic mass is 9.94. The third-order valence-corrected chi connectivity index (χ3v) is 4.97. The second kappa shape index (κ2) is 6.58. The van der Waals surface area contributed by atoms with E-state index in [-0.39, 0.29) is 0 Å². The Morgan fingerprint density at radius 1 is 1.18 bits per heavy atom. The van der Waals surface area contributed by atoms with Crippen LogP contribution in [0, 0.1) is 5.92 Å². The molecule has 0 N–H and O–H groups in total. The van der Waals surface area contributed by atoms with Gasteiger partial charge in [-0.3, -0.25) is 0 Å². The first-order valence-electron chi connectivity index (χ1n) is 7.06. The first-order chi connectivity index (χ1) is 7.97. The van der Waals surface area contributed by atoms with Crippen molar-refractivity contribution in [3.63, 3.8) is 0 Å². The zero-order chi connectivity index (χ0) is 12.9. The molecule has 98 valence electrons. The number of thiophene rings is 1. The Balaban J connectivity index is 2.58. The van der Waals surface area contributed by atoms with Gasteiger partial charge in [0.25, 0.3) is 0 Å². The van der Waals surface area contributed by atoms with E-state index in [2.05, 4.69) is 46.8 Å². The minimum Gasteiger partial charge on any atom is -0.145 e. The molecule has 1 atom stereocenters. The summed E-state index contributed by atoms with van der Waals surface area (Å²) >= 11 is 2.02. The molecule has 0 aliphatic rings. The molecule has 0 saturated carbocycles. The molecule has 0 fully saturated rings. The van der Waals surface area contributed by atoms with E-state index in [1.54, 1.807) is 4.88 Å². The molecule has 0 bridgehead atoms. The molecule has 0 aliphatic carbocycles. The van der Waals surface area contributed by atoms with Crippen LogP contribution in [0.4, 0.5) is 0 Å². The van der Waals surface area contributed by atoms with Gasteiger partial charge in [-0.05, 0) is 29.9 Å². The summed E-state index contributed by atoms with van der Waals surface area (Å²) in [5.41, 5.74) is 0.314. The Hall–Kier alpha value is -0.300. The van der Waals surface area contributed by atoms with E-state index in [0.29, 0.717) is 5.41 Å². The third-order valence-electron chi connectivity index (χ3n) is 3.43. The molecule has 0 aromatic carbocycles. The average Bonchev–Trinajstić information content (AvgIpc) is 2.72. The van der Waals surface area contributed by atoms with E-state index in [1.165, 1.54) is 37.0 Å². The van der Waals surface area contributed by atoms with Gasteiger partial charge in [0.1, 0.15) is 0 Å². The zero-order valence-electron chi connectivity index (χ0n) is 12.2.